The number of hydrogen-bond acceptors (Lipinski definition) is 2. The molecule has 0 spiro atoms. The maximum Gasteiger partial charge on any atom is 0.0462 e. The van der Waals surface area contributed by atoms with Crippen molar-refractivity contribution >= 4 is 0 Å². The Bertz CT molecular complexity index is 341. The van der Waals surface area contributed by atoms with Crippen molar-refractivity contribution in [3.63, 3.8) is 0 Å². The summed E-state index contributed by atoms with van der Waals surface area (Å²) in [5.41, 5.74) is 8.03. The smallest absolute Gasteiger partial charge is 0.0462 e. The monoisotopic (exact) mass is 247 g/mol. The molecule has 2 heteroatoms. The Labute approximate surface area is 111 Å². The molecule has 0 atom stereocenters. The first kappa shape index (κ1) is 13.6. The average Bonchev–Trinajstić information content (AvgIpc) is 2.41. The first-order valence-corrected chi connectivity index (χ1v) is 7.06. The van der Waals surface area contributed by atoms with Crippen LogP contribution >= 0.6 is 0 Å². The number of rotatable bonds is 5. The van der Waals surface area contributed by atoms with E-state index < -0.39 is 0 Å². The van der Waals surface area contributed by atoms with E-state index in [9.17, 15) is 0 Å². The molecule has 0 saturated heterocycles. The number of ether oxygens (including phenoxy) is 1. The highest BCUT2D eigenvalue weighted by molar-refractivity contribution is 5.20. The molecule has 1 aliphatic carbocycles. The molecule has 0 aromatic heterocycles. The summed E-state index contributed by atoms with van der Waals surface area (Å²) in [7, 11) is 1.76. The second-order valence-corrected chi connectivity index (χ2v) is 5.64. The van der Waals surface area contributed by atoms with Gasteiger partial charge in [-0.25, -0.2) is 0 Å². The van der Waals surface area contributed by atoms with Gasteiger partial charge in [-0.3, -0.25) is 0 Å². The van der Waals surface area contributed by atoms with Gasteiger partial charge in [-0.1, -0.05) is 30.3 Å². The summed E-state index contributed by atoms with van der Waals surface area (Å²) in [6.07, 6.45) is 6.94. The molecule has 2 nitrogen and oxygen atoms in total. The molecule has 1 aromatic carbocycles. The third-order valence-electron chi connectivity index (χ3n) is 4.28. The molecule has 1 aliphatic rings. The molecule has 1 fully saturated rings. The van der Waals surface area contributed by atoms with Gasteiger partial charge in [-0.2, -0.15) is 0 Å². The fourth-order valence-electron chi connectivity index (χ4n) is 3.07. The van der Waals surface area contributed by atoms with Crippen molar-refractivity contribution in [3.8, 4) is 0 Å². The highest BCUT2D eigenvalue weighted by Gasteiger charge is 2.31. The second kappa shape index (κ2) is 6.35. The van der Waals surface area contributed by atoms with Gasteiger partial charge in [0.1, 0.15) is 0 Å². The normalized spacial score (nSPS) is 28.2. The van der Waals surface area contributed by atoms with Gasteiger partial charge in [0, 0.05) is 19.3 Å². The lowest BCUT2D eigenvalue weighted by molar-refractivity contribution is 0.171. The lowest BCUT2D eigenvalue weighted by Crippen LogP contribution is -2.43. The van der Waals surface area contributed by atoms with Crippen LogP contribution in [0, 0.1) is 0 Å². The summed E-state index contributed by atoms with van der Waals surface area (Å²) in [6, 6.07) is 10.9. The van der Waals surface area contributed by atoms with E-state index in [0.29, 0.717) is 5.92 Å². The number of hydrogen-bond donors (Lipinski definition) is 1. The number of nitrogens with two attached hydrogens (primary N) is 1. The summed E-state index contributed by atoms with van der Waals surface area (Å²) in [5, 5.41) is 0. The molecule has 0 amide bonds. The molecular weight excluding hydrogens is 222 g/mol. The van der Waals surface area contributed by atoms with Crippen LogP contribution in [-0.2, 0) is 4.74 Å². The Morgan fingerprint density at radius 2 is 1.89 bits per heavy atom. The van der Waals surface area contributed by atoms with Crippen LogP contribution in [0.1, 0.15) is 50.0 Å². The third kappa shape index (κ3) is 3.56. The maximum atomic E-state index is 6.48. The third-order valence-corrected chi connectivity index (χ3v) is 4.28. The van der Waals surface area contributed by atoms with Crippen molar-refractivity contribution in [2.75, 3.05) is 13.7 Å². The Hall–Kier alpha value is -0.860. The van der Waals surface area contributed by atoms with E-state index in [4.69, 9.17) is 10.5 Å². The SMILES string of the molecule is COCCCC1(N)CCC(c2ccccc2)CC1. The summed E-state index contributed by atoms with van der Waals surface area (Å²) in [6.45, 7) is 0.834. The standard InChI is InChI=1S/C16H25NO/c1-18-13-5-10-16(17)11-8-15(9-12-16)14-6-3-2-4-7-14/h2-4,6-7,15H,5,8-13,17H2,1H3. The Balaban J connectivity index is 1.84. The summed E-state index contributed by atoms with van der Waals surface area (Å²) >= 11 is 0. The predicted molar refractivity (Wildman–Crippen MR) is 75.7 cm³/mol. The van der Waals surface area contributed by atoms with E-state index in [0.717, 1.165) is 32.3 Å². The molecule has 2 N–H and O–H groups in total. The topological polar surface area (TPSA) is 35.2 Å². The largest absolute Gasteiger partial charge is 0.385 e. The van der Waals surface area contributed by atoms with Gasteiger partial charge in [0.15, 0.2) is 0 Å². The van der Waals surface area contributed by atoms with Gasteiger partial charge in [0.2, 0.25) is 0 Å². The zero-order valence-corrected chi connectivity index (χ0v) is 11.4. The van der Waals surface area contributed by atoms with Crippen LogP contribution in [0.15, 0.2) is 30.3 Å². The highest BCUT2D eigenvalue weighted by Crippen LogP contribution is 2.38. The van der Waals surface area contributed by atoms with E-state index in [2.05, 4.69) is 30.3 Å². The molecule has 0 heterocycles. The van der Waals surface area contributed by atoms with Gasteiger partial charge in [-0.05, 0) is 50.0 Å². The molecule has 0 aliphatic heterocycles. The Morgan fingerprint density at radius 1 is 1.22 bits per heavy atom. The van der Waals surface area contributed by atoms with Crippen molar-refractivity contribution in [1.82, 2.24) is 0 Å². The van der Waals surface area contributed by atoms with Crippen molar-refractivity contribution < 1.29 is 4.74 Å². The number of methoxy groups -OCH3 is 1. The van der Waals surface area contributed by atoms with Crippen LogP contribution in [0.25, 0.3) is 0 Å². The number of benzene rings is 1. The summed E-state index contributed by atoms with van der Waals surface area (Å²) in [4.78, 5) is 0. The van der Waals surface area contributed by atoms with Crippen LogP contribution < -0.4 is 5.73 Å². The van der Waals surface area contributed by atoms with Gasteiger partial charge in [-0.15, -0.1) is 0 Å². The summed E-state index contributed by atoms with van der Waals surface area (Å²) < 4.78 is 5.11. The van der Waals surface area contributed by atoms with Crippen LogP contribution in [0.5, 0.6) is 0 Å². The quantitative estimate of drug-likeness (QED) is 0.809. The van der Waals surface area contributed by atoms with Gasteiger partial charge < -0.3 is 10.5 Å². The highest BCUT2D eigenvalue weighted by atomic mass is 16.5. The van der Waals surface area contributed by atoms with Crippen molar-refractivity contribution in [3.05, 3.63) is 35.9 Å². The van der Waals surface area contributed by atoms with E-state index in [1.165, 1.54) is 18.4 Å². The van der Waals surface area contributed by atoms with Crippen molar-refractivity contribution in [2.24, 2.45) is 5.73 Å². The molecule has 2 rings (SSSR count). The first-order valence-electron chi connectivity index (χ1n) is 7.06. The predicted octanol–water partition coefficient (Wildman–Crippen LogP) is 3.47. The maximum absolute atomic E-state index is 6.48. The molecule has 100 valence electrons. The molecule has 0 bridgehead atoms. The van der Waals surface area contributed by atoms with Gasteiger partial charge >= 0.3 is 0 Å². The molecular formula is C16H25NO. The van der Waals surface area contributed by atoms with Crippen LogP contribution in [-0.4, -0.2) is 19.3 Å². The van der Waals surface area contributed by atoms with Crippen molar-refractivity contribution in [1.29, 1.82) is 0 Å². The van der Waals surface area contributed by atoms with Crippen LogP contribution in [0.2, 0.25) is 0 Å². The van der Waals surface area contributed by atoms with E-state index >= 15 is 0 Å². The summed E-state index contributed by atoms with van der Waals surface area (Å²) in [5.74, 6) is 0.713. The lowest BCUT2D eigenvalue weighted by Gasteiger charge is -2.37. The Morgan fingerprint density at radius 3 is 2.50 bits per heavy atom. The first-order chi connectivity index (χ1) is 8.73. The van der Waals surface area contributed by atoms with Crippen molar-refractivity contribution in [2.45, 2.75) is 50.0 Å². The minimum atomic E-state index is 0.0593. The van der Waals surface area contributed by atoms with Gasteiger partial charge in [0.05, 0.1) is 0 Å². The molecule has 0 radical (unpaired) electrons. The second-order valence-electron chi connectivity index (χ2n) is 5.64. The van der Waals surface area contributed by atoms with Crippen LogP contribution in [0.3, 0.4) is 0 Å². The minimum Gasteiger partial charge on any atom is -0.385 e. The minimum absolute atomic E-state index is 0.0593. The van der Waals surface area contributed by atoms with E-state index in [-0.39, 0.29) is 5.54 Å². The Kier molecular flexibility index (Phi) is 4.79. The van der Waals surface area contributed by atoms with E-state index in [1.807, 2.05) is 0 Å². The molecule has 0 unspecified atom stereocenters. The fraction of sp³-hybridized carbons (Fsp3) is 0.625. The van der Waals surface area contributed by atoms with Gasteiger partial charge in [0.25, 0.3) is 0 Å². The zero-order chi connectivity index (χ0) is 12.8. The lowest BCUT2D eigenvalue weighted by atomic mass is 9.73. The molecule has 18 heavy (non-hydrogen) atoms. The molecule has 1 aromatic rings. The zero-order valence-electron chi connectivity index (χ0n) is 11.4. The van der Waals surface area contributed by atoms with Crippen LogP contribution in [0.4, 0.5) is 0 Å². The molecule has 1 saturated carbocycles. The van der Waals surface area contributed by atoms with E-state index in [1.54, 1.807) is 7.11 Å². The fourth-order valence-corrected chi connectivity index (χ4v) is 3.07. The average molecular weight is 247 g/mol.